The fraction of sp³-hybridized carbons (Fsp3) is 0.882. The molecule has 0 bridgehead atoms. The first-order chi connectivity index (χ1) is 9.65. The Kier molecular flexibility index (Phi) is 6.06. The van der Waals surface area contributed by atoms with Crippen LogP contribution in [0.1, 0.15) is 52.4 Å². The lowest BCUT2D eigenvalue weighted by atomic mass is 9.75. The molecule has 20 heavy (non-hydrogen) atoms. The summed E-state index contributed by atoms with van der Waals surface area (Å²) >= 11 is 0. The van der Waals surface area contributed by atoms with Crippen molar-refractivity contribution >= 4 is 0 Å². The molecule has 2 aliphatic rings. The predicted molar refractivity (Wildman–Crippen MR) is 82.7 cm³/mol. The Morgan fingerprint density at radius 2 is 2.10 bits per heavy atom. The first kappa shape index (κ1) is 16.0. The normalized spacial score (nSPS) is 29.9. The minimum absolute atomic E-state index is 0.309. The monoisotopic (exact) mass is 281 g/mol. The molecular formula is C17H31NO2. The molecule has 2 rings (SSSR count). The van der Waals surface area contributed by atoms with E-state index in [0.717, 1.165) is 25.9 Å². The van der Waals surface area contributed by atoms with E-state index >= 15 is 0 Å². The van der Waals surface area contributed by atoms with Crippen LogP contribution in [0.15, 0.2) is 12.2 Å². The number of aliphatic hydroxyl groups excluding tert-OH is 1. The summed E-state index contributed by atoms with van der Waals surface area (Å²) in [4.78, 5) is 0. The summed E-state index contributed by atoms with van der Waals surface area (Å²) in [7, 11) is 0. The number of aliphatic hydroxyl groups is 1. The summed E-state index contributed by atoms with van der Waals surface area (Å²) in [5.41, 5.74) is 0.309. The van der Waals surface area contributed by atoms with Gasteiger partial charge in [0.25, 0.3) is 0 Å². The van der Waals surface area contributed by atoms with Crippen molar-refractivity contribution < 1.29 is 9.84 Å². The molecule has 0 amide bonds. The van der Waals surface area contributed by atoms with E-state index in [-0.39, 0.29) is 6.10 Å². The molecule has 1 fully saturated rings. The summed E-state index contributed by atoms with van der Waals surface area (Å²) in [5, 5.41) is 13.6. The molecular weight excluding hydrogens is 250 g/mol. The third kappa shape index (κ3) is 4.31. The van der Waals surface area contributed by atoms with Gasteiger partial charge < -0.3 is 15.2 Å². The Morgan fingerprint density at radius 1 is 1.35 bits per heavy atom. The molecule has 0 aromatic rings. The zero-order chi connectivity index (χ0) is 14.4. The second kappa shape index (κ2) is 7.58. The van der Waals surface area contributed by atoms with Gasteiger partial charge in [-0.2, -0.15) is 0 Å². The van der Waals surface area contributed by atoms with E-state index in [1.54, 1.807) is 0 Å². The van der Waals surface area contributed by atoms with Crippen LogP contribution in [0, 0.1) is 11.8 Å². The van der Waals surface area contributed by atoms with E-state index in [4.69, 9.17) is 4.74 Å². The van der Waals surface area contributed by atoms with Crippen LogP contribution >= 0.6 is 0 Å². The van der Waals surface area contributed by atoms with Crippen LogP contribution in [0.2, 0.25) is 0 Å². The Morgan fingerprint density at radius 3 is 2.70 bits per heavy atom. The Labute approximate surface area is 123 Å². The molecule has 3 atom stereocenters. The van der Waals surface area contributed by atoms with Crippen molar-refractivity contribution in [1.82, 2.24) is 5.32 Å². The first-order valence-corrected chi connectivity index (χ1v) is 8.31. The van der Waals surface area contributed by atoms with Crippen LogP contribution in [0.4, 0.5) is 0 Å². The number of rotatable bonds is 8. The van der Waals surface area contributed by atoms with Gasteiger partial charge in [-0.05, 0) is 50.4 Å². The number of ether oxygens (including phenoxy) is 1. The third-order valence-electron chi connectivity index (χ3n) is 5.26. The fourth-order valence-electron chi connectivity index (χ4n) is 3.25. The molecule has 2 aliphatic carbocycles. The molecule has 2 N–H and O–H groups in total. The van der Waals surface area contributed by atoms with E-state index in [1.165, 1.54) is 19.3 Å². The van der Waals surface area contributed by atoms with E-state index in [0.29, 0.717) is 30.5 Å². The zero-order valence-corrected chi connectivity index (χ0v) is 13.1. The molecule has 0 aliphatic heterocycles. The van der Waals surface area contributed by atoms with Gasteiger partial charge in [0, 0.05) is 12.1 Å². The molecule has 0 saturated heterocycles. The van der Waals surface area contributed by atoms with Crippen molar-refractivity contribution in [3.05, 3.63) is 12.2 Å². The number of hydrogen-bond donors (Lipinski definition) is 2. The fourth-order valence-corrected chi connectivity index (χ4v) is 3.25. The molecule has 116 valence electrons. The van der Waals surface area contributed by atoms with Gasteiger partial charge in [-0.25, -0.2) is 0 Å². The summed E-state index contributed by atoms with van der Waals surface area (Å²) in [6, 6.07) is 0. The second-order valence-electron chi connectivity index (χ2n) is 6.74. The molecule has 0 heterocycles. The minimum Gasteiger partial charge on any atom is -0.389 e. The van der Waals surface area contributed by atoms with Gasteiger partial charge in [-0.15, -0.1) is 0 Å². The number of allylic oxidation sites excluding steroid dienone is 2. The van der Waals surface area contributed by atoms with Crippen molar-refractivity contribution in [2.45, 2.75) is 64.0 Å². The SMILES string of the molecule is CCC1(NCC(O)COCC2CC=CCC2C)CCC1. The predicted octanol–water partition coefficient (Wildman–Crippen LogP) is 2.89. The van der Waals surface area contributed by atoms with E-state index < -0.39 is 0 Å². The molecule has 1 saturated carbocycles. The maximum Gasteiger partial charge on any atom is 0.0897 e. The second-order valence-corrected chi connectivity index (χ2v) is 6.74. The molecule has 0 aromatic heterocycles. The average molecular weight is 281 g/mol. The van der Waals surface area contributed by atoms with Gasteiger partial charge >= 0.3 is 0 Å². The van der Waals surface area contributed by atoms with Gasteiger partial charge in [0.05, 0.1) is 19.3 Å². The summed E-state index contributed by atoms with van der Waals surface area (Å²) in [6.45, 7) is 6.42. The molecule has 3 unspecified atom stereocenters. The van der Waals surface area contributed by atoms with Gasteiger partial charge in [0.1, 0.15) is 0 Å². The van der Waals surface area contributed by atoms with Crippen LogP contribution in [0.3, 0.4) is 0 Å². The Balaban J connectivity index is 1.58. The lowest BCUT2D eigenvalue weighted by molar-refractivity contribution is 0.00648. The van der Waals surface area contributed by atoms with Crippen LogP contribution in [-0.2, 0) is 4.74 Å². The first-order valence-electron chi connectivity index (χ1n) is 8.31. The Bertz CT molecular complexity index is 307. The lowest BCUT2D eigenvalue weighted by Gasteiger charge is -2.42. The van der Waals surface area contributed by atoms with Crippen molar-refractivity contribution in [3.8, 4) is 0 Å². The maximum absolute atomic E-state index is 10.0. The van der Waals surface area contributed by atoms with Crippen molar-refractivity contribution in [3.63, 3.8) is 0 Å². The highest BCUT2D eigenvalue weighted by Gasteiger charge is 2.34. The van der Waals surface area contributed by atoms with Crippen LogP contribution < -0.4 is 5.32 Å². The van der Waals surface area contributed by atoms with Crippen molar-refractivity contribution in [2.75, 3.05) is 19.8 Å². The average Bonchev–Trinajstić information content (AvgIpc) is 2.40. The molecule has 3 heteroatoms. The quantitative estimate of drug-likeness (QED) is 0.672. The van der Waals surface area contributed by atoms with Gasteiger partial charge in [0.15, 0.2) is 0 Å². The number of hydrogen-bond acceptors (Lipinski definition) is 3. The lowest BCUT2D eigenvalue weighted by Crippen LogP contribution is -2.53. The third-order valence-corrected chi connectivity index (χ3v) is 5.26. The molecule has 0 aromatic carbocycles. The maximum atomic E-state index is 10.0. The van der Waals surface area contributed by atoms with E-state index in [2.05, 4.69) is 31.3 Å². The standard InChI is InChI=1S/C17H31NO2/c1-3-17(9-6-10-17)18-11-16(19)13-20-12-15-8-5-4-7-14(15)2/h4-5,14-16,18-19H,3,6-13H2,1-2H3. The number of nitrogens with one attached hydrogen (secondary N) is 1. The van der Waals surface area contributed by atoms with Crippen molar-refractivity contribution in [2.24, 2.45) is 11.8 Å². The van der Waals surface area contributed by atoms with Crippen LogP contribution in [0.5, 0.6) is 0 Å². The highest BCUT2D eigenvalue weighted by Crippen LogP contribution is 2.34. The summed E-state index contributed by atoms with van der Waals surface area (Å²) in [6.07, 6.45) is 11.4. The highest BCUT2D eigenvalue weighted by atomic mass is 16.5. The largest absolute Gasteiger partial charge is 0.389 e. The minimum atomic E-state index is -0.381. The molecule has 0 radical (unpaired) electrons. The van der Waals surface area contributed by atoms with Gasteiger partial charge in [-0.3, -0.25) is 0 Å². The molecule has 3 nitrogen and oxygen atoms in total. The van der Waals surface area contributed by atoms with Crippen LogP contribution in [0.25, 0.3) is 0 Å². The topological polar surface area (TPSA) is 41.5 Å². The highest BCUT2D eigenvalue weighted by molar-refractivity contribution is 4.95. The number of β-amino-alcohol motifs (C(OH)–C–C–N with tert-alkyl or cyclic N) is 1. The van der Waals surface area contributed by atoms with E-state index in [1.807, 2.05) is 0 Å². The Hall–Kier alpha value is -0.380. The summed E-state index contributed by atoms with van der Waals surface area (Å²) in [5.74, 6) is 1.32. The van der Waals surface area contributed by atoms with Gasteiger partial charge in [0.2, 0.25) is 0 Å². The van der Waals surface area contributed by atoms with Crippen LogP contribution in [-0.4, -0.2) is 36.5 Å². The summed E-state index contributed by atoms with van der Waals surface area (Å²) < 4.78 is 5.73. The van der Waals surface area contributed by atoms with Crippen molar-refractivity contribution in [1.29, 1.82) is 0 Å². The van der Waals surface area contributed by atoms with E-state index in [9.17, 15) is 5.11 Å². The smallest absolute Gasteiger partial charge is 0.0897 e. The molecule has 0 spiro atoms. The van der Waals surface area contributed by atoms with Gasteiger partial charge in [-0.1, -0.05) is 26.0 Å². The zero-order valence-electron chi connectivity index (χ0n) is 13.1.